The Balaban J connectivity index is 0.00000280. The number of nitrogens with one attached hydrogen (secondary N) is 1. The van der Waals surface area contributed by atoms with E-state index >= 15 is 0 Å². The normalized spacial score (nSPS) is 21.8. The van der Waals surface area contributed by atoms with E-state index in [9.17, 15) is 0 Å². The predicted molar refractivity (Wildman–Crippen MR) is 126 cm³/mol. The van der Waals surface area contributed by atoms with Crippen molar-refractivity contribution in [3.8, 4) is 0 Å². The minimum Gasteiger partial charge on any atom is -0.381 e. The van der Waals surface area contributed by atoms with Crippen molar-refractivity contribution < 1.29 is 9.47 Å². The van der Waals surface area contributed by atoms with Crippen LogP contribution in [0.3, 0.4) is 0 Å². The van der Waals surface area contributed by atoms with E-state index in [1.807, 2.05) is 12.1 Å². The third-order valence-corrected chi connectivity index (χ3v) is 5.91. The van der Waals surface area contributed by atoms with E-state index in [0.717, 1.165) is 76.3 Å². The fourth-order valence-corrected chi connectivity index (χ4v) is 4.21. The summed E-state index contributed by atoms with van der Waals surface area (Å²) in [7, 11) is 2.12. The molecule has 1 aromatic carbocycles. The maximum absolute atomic E-state index is 6.28. The molecular formula is C21H33ClIN3O2. The highest BCUT2D eigenvalue weighted by Gasteiger charge is 2.35. The average molecular weight is 522 g/mol. The molecule has 0 aliphatic carbocycles. The van der Waals surface area contributed by atoms with Gasteiger partial charge in [0, 0.05) is 56.3 Å². The fourth-order valence-electron chi connectivity index (χ4n) is 4.02. The number of nitrogens with zero attached hydrogens (tertiary/aromatic N) is 2. The van der Waals surface area contributed by atoms with E-state index in [1.54, 1.807) is 0 Å². The molecule has 0 spiro atoms. The Morgan fingerprint density at radius 2 is 2.07 bits per heavy atom. The van der Waals surface area contributed by atoms with Crippen molar-refractivity contribution in [2.75, 3.05) is 53.1 Å². The molecule has 0 saturated carbocycles. The molecule has 158 valence electrons. The number of ether oxygens (including phenoxy) is 2. The van der Waals surface area contributed by atoms with Crippen LogP contribution < -0.4 is 5.32 Å². The molecule has 7 heteroatoms. The Morgan fingerprint density at radius 1 is 1.29 bits per heavy atom. The maximum Gasteiger partial charge on any atom is 0.193 e. The van der Waals surface area contributed by atoms with Gasteiger partial charge in [0.25, 0.3) is 0 Å². The van der Waals surface area contributed by atoms with Gasteiger partial charge in [-0.1, -0.05) is 23.7 Å². The monoisotopic (exact) mass is 521 g/mol. The Kier molecular flexibility index (Phi) is 9.80. The first-order chi connectivity index (χ1) is 13.1. The first kappa shape index (κ1) is 23.7. The van der Waals surface area contributed by atoms with Crippen LogP contribution in [0.25, 0.3) is 0 Å². The van der Waals surface area contributed by atoms with Crippen molar-refractivity contribution in [1.82, 2.24) is 10.2 Å². The van der Waals surface area contributed by atoms with Gasteiger partial charge in [0.1, 0.15) is 0 Å². The second-order valence-corrected chi connectivity index (χ2v) is 8.12. The average Bonchev–Trinajstić information content (AvgIpc) is 3.19. The van der Waals surface area contributed by atoms with E-state index in [2.05, 4.69) is 36.3 Å². The van der Waals surface area contributed by atoms with Gasteiger partial charge >= 0.3 is 0 Å². The molecule has 5 nitrogen and oxygen atoms in total. The predicted octanol–water partition coefficient (Wildman–Crippen LogP) is 3.94. The van der Waals surface area contributed by atoms with Crippen LogP contribution in [0.2, 0.25) is 5.02 Å². The zero-order chi connectivity index (χ0) is 19.1. The van der Waals surface area contributed by atoms with Crippen LogP contribution in [0.1, 0.15) is 31.7 Å². The zero-order valence-electron chi connectivity index (χ0n) is 17.0. The summed E-state index contributed by atoms with van der Waals surface area (Å²) in [6.07, 6.45) is 3.07. The molecule has 2 aliphatic rings. The molecule has 0 radical (unpaired) electrons. The zero-order valence-corrected chi connectivity index (χ0v) is 20.0. The molecule has 1 atom stereocenters. The number of rotatable bonds is 6. The molecule has 28 heavy (non-hydrogen) atoms. The quantitative estimate of drug-likeness (QED) is 0.350. The molecular weight excluding hydrogens is 489 g/mol. The van der Waals surface area contributed by atoms with Gasteiger partial charge in [-0.2, -0.15) is 0 Å². The molecule has 1 N–H and O–H groups in total. The van der Waals surface area contributed by atoms with E-state index < -0.39 is 0 Å². The van der Waals surface area contributed by atoms with Gasteiger partial charge in [-0.05, 0) is 43.9 Å². The van der Waals surface area contributed by atoms with Crippen LogP contribution in [0.5, 0.6) is 0 Å². The molecule has 2 aliphatic heterocycles. The van der Waals surface area contributed by atoms with Crippen molar-refractivity contribution in [2.24, 2.45) is 10.9 Å². The lowest BCUT2D eigenvalue weighted by Crippen LogP contribution is -2.43. The van der Waals surface area contributed by atoms with Gasteiger partial charge in [-0.15, -0.1) is 24.0 Å². The van der Waals surface area contributed by atoms with Crippen LogP contribution in [-0.2, 0) is 14.9 Å². The van der Waals surface area contributed by atoms with Crippen molar-refractivity contribution >= 4 is 41.5 Å². The summed E-state index contributed by atoms with van der Waals surface area (Å²) < 4.78 is 11.2. The van der Waals surface area contributed by atoms with Gasteiger partial charge in [-0.3, -0.25) is 4.99 Å². The molecule has 0 aromatic heterocycles. The lowest BCUT2D eigenvalue weighted by molar-refractivity contribution is 0.0530. The number of hydrogen-bond acceptors (Lipinski definition) is 3. The summed E-state index contributed by atoms with van der Waals surface area (Å²) in [4.78, 5) is 7.29. The highest BCUT2D eigenvalue weighted by Crippen LogP contribution is 2.36. The van der Waals surface area contributed by atoms with Crippen LogP contribution in [0.4, 0.5) is 0 Å². The molecule has 0 amide bonds. The van der Waals surface area contributed by atoms with Crippen molar-refractivity contribution in [3.63, 3.8) is 0 Å². The highest BCUT2D eigenvalue weighted by atomic mass is 127. The first-order valence-electron chi connectivity index (χ1n) is 10.0. The molecule has 2 fully saturated rings. The summed E-state index contributed by atoms with van der Waals surface area (Å²) in [5, 5.41) is 4.24. The summed E-state index contributed by atoms with van der Waals surface area (Å²) in [5.74, 6) is 1.56. The van der Waals surface area contributed by atoms with Crippen molar-refractivity contribution in [3.05, 3.63) is 34.9 Å². The second-order valence-electron chi connectivity index (χ2n) is 7.68. The number of guanidine groups is 1. The van der Waals surface area contributed by atoms with Gasteiger partial charge in [0.05, 0.1) is 13.2 Å². The Morgan fingerprint density at radius 3 is 2.71 bits per heavy atom. The lowest BCUT2D eigenvalue weighted by Gasteiger charge is -2.37. The van der Waals surface area contributed by atoms with Crippen LogP contribution in [0.15, 0.2) is 29.3 Å². The van der Waals surface area contributed by atoms with Crippen molar-refractivity contribution in [2.45, 2.75) is 31.6 Å². The van der Waals surface area contributed by atoms with Crippen LogP contribution >= 0.6 is 35.6 Å². The Labute approximate surface area is 191 Å². The molecule has 3 rings (SSSR count). The van der Waals surface area contributed by atoms with E-state index in [-0.39, 0.29) is 29.4 Å². The number of aliphatic imine (C=N–C) groups is 1. The Bertz CT molecular complexity index is 632. The summed E-state index contributed by atoms with van der Waals surface area (Å²) >= 11 is 6.28. The number of halogens is 2. The van der Waals surface area contributed by atoms with E-state index in [4.69, 9.17) is 26.1 Å². The fraction of sp³-hybridized carbons (Fsp3) is 0.667. The molecule has 2 saturated heterocycles. The highest BCUT2D eigenvalue weighted by molar-refractivity contribution is 14.0. The minimum absolute atomic E-state index is 0. The lowest BCUT2D eigenvalue weighted by atomic mass is 9.74. The first-order valence-corrected chi connectivity index (χ1v) is 10.4. The molecule has 1 aromatic rings. The summed E-state index contributed by atoms with van der Waals surface area (Å²) in [6.45, 7) is 7.96. The van der Waals surface area contributed by atoms with Gasteiger partial charge < -0.3 is 19.7 Å². The van der Waals surface area contributed by atoms with Crippen LogP contribution in [-0.4, -0.2) is 64.0 Å². The summed E-state index contributed by atoms with van der Waals surface area (Å²) in [5.41, 5.74) is 1.26. The van der Waals surface area contributed by atoms with Gasteiger partial charge in [0.2, 0.25) is 0 Å². The smallest absolute Gasteiger partial charge is 0.193 e. The number of benzene rings is 1. The largest absolute Gasteiger partial charge is 0.381 e. The SMILES string of the molecule is CCNC(=NCC1(c2cccc(Cl)c2)CCOCC1)N(C)CC1CCOC1.I. The van der Waals surface area contributed by atoms with Crippen LogP contribution in [0, 0.1) is 5.92 Å². The van der Waals surface area contributed by atoms with Crippen molar-refractivity contribution in [1.29, 1.82) is 0 Å². The van der Waals surface area contributed by atoms with E-state index in [0.29, 0.717) is 5.92 Å². The molecule has 0 bridgehead atoms. The second kappa shape index (κ2) is 11.6. The van der Waals surface area contributed by atoms with Gasteiger partial charge in [0.15, 0.2) is 5.96 Å². The van der Waals surface area contributed by atoms with Gasteiger partial charge in [-0.25, -0.2) is 0 Å². The minimum atomic E-state index is -0.0128. The third-order valence-electron chi connectivity index (χ3n) is 5.67. The summed E-state index contributed by atoms with van der Waals surface area (Å²) in [6, 6.07) is 8.24. The maximum atomic E-state index is 6.28. The topological polar surface area (TPSA) is 46.1 Å². The number of hydrogen-bond donors (Lipinski definition) is 1. The molecule has 1 unspecified atom stereocenters. The molecule has 2 heterocycles. The van der Waals surface area contributed by atoms with E-state index in [1.165, 1.54) is 5.56 Å². The standard InChI is InChI=1S/C21H32ClN3O2.HI/c1-3-23-20(25(2)14-17-7-10-27-15-17)24-16-21(8-11-26-12-9-21)18-5-4-6-19(22)13-18;/h4-6,13,17H,3,7-12,14-16H2,1-2H3,(H,23,24);1H. The Hall–Kier alpha value is -0.570. The third kappa shape index (κ3) is 6.21.